The molecule has 0 bridgehead atoms. The number of benzene rings is 1. The maximum absolute atomic E-state index is 3.81. The summed E-state index contributed by atoms with van der Waals surface area (Å²) < 4.78 is 2.03. The van der Waals surface area contributed by atoms with Gasteiger partial charge in [0, 0.05) is 17.7 Å². The zero-order chi connectivity index (χ0) is 10.7. The van der Waals surface area contributed by atoms with Crippen LogP contribution < -0.4 is 4.57 Å². The molecule has 0 atom stereocenters. The van der Waals surface area contributed by atoms with E-state index < -0.39 is 0 Å². The zero-order valence-electron chi connectivity index (χ0n) is 8.85. The number of nitrogens with zero attached hydrogens (tertiary/aromatic N) is 1. The van der Waals surface area contributed by atoms with Crippen LogP contribution in [0.4, 0.5) is 0 Å². The fourth-order valence-corrected chi connectivity index (χ4v) is 1.70. The summed E-state index contributed by atoms with van der Waals surface area (Å²) in [6.07, 6.45) is 3.83. The molecule has 1 heteroatoms. The average molecular weight is 196 g/mol. The first-order valence-corrected chi connectivity index (χ1v) is 5.01. The van der Waals surface area contributed by atoms with Crippen LogP contribution in [0.15, 0.2) is 55.2 Å². The molecule has 0 spiro atoms. The molecule has 0 aliphatic carbocycles. The Kier molecular flexibility index (Phi) is 2.64. The van der Waals surface area contributed by atoms with Gasteiger partial charge in [-0.05, 0) is 31.2 Å². The van der Waals surface area contributed by atoms with Gasteiger partial charge in [-0.15, -0.1) is 0 Å². The molecule has 1 heterocycles. The van der Waals surface area contributed by atoms with Gasteiger partial charge in [0.2, 0.25) is 5.69 Å². The maximum atomic E-state index is 3.81. The van der Waals surface area contributed by atoms with E-state index in [-0.39, 0.29) is 0 Å². The molecule has 0 aliphatic rings. The van der Waals surface area contributed by atoms with Gasteiger partial charge in [-0.3, -0.25) is 0 Å². The van der Waals surface area contributed by atoms with Crippen molar-refractivity contribution in [1.82, 2.24) is 0 Å². The second kappa shape index (κ2) is 4.09. The summed E-state index contributed by atoms with van der Waals surface area (Å²) in [5.41, 5.74) is 3.70. The zero-order valence-corrected chi connectivity index (χ0v) is 8.85. The summed E-state index contributed by atoms with van der Waals surface area (Å²) in [4.78, 5) is 0. The highest BCUT2D eigenvalue weighted by atomic mass is 14.9. The van der Waals surface area contributed by atoms with Gasteiger partial charge in [0.05, 0.1) is 0 Å². The van der Waals surface area contributed by atoms with Crippen LogP contribution in [0.2, 0.25) is 0 Å². The van der Waals surface area contributed by atoms with Crippen molar-refractivity contribution in [3.63, 3.8) is 0 Å². The third-order valence-electron chi connectivity index (χ3n) is 2.51. The first-order chi connectivity index (χ1) is 7.33. The Morgan fingerprint density at radius 2 is 1.80 bits per heavy atom. The van der Waals surface area contributed by atoms with Crippen molar-refractivity contribution in [2.75, 3.05) is 0 Å². The number of aryl methyl sites for hydroxylation is 1. The Bertz CT molecular complexity index is 486. The minimum Gasteiger partial charge on any atom is -0.167 e. The van der Waals surface area contributed by atoms with E-state index in [1.54, 1.807) is 0 Å². The van der Waals surface area contributed by atoms with Gasteiger partial charge in [0.25, 0.3) is 0 Å². The molecule has 2 rings (SSSR count). The first kappa shape index (κ1) is 9.66. The standard InChI is InChI=1S/C14H14N/c1-3-15-11-7-6-10-14(15)13-9-5-4-8-12(13)2/h3-11H,1H2,2H3/q+1. The van der Waals surface area contributed by atoms with Crippen molar-refractivity contribution in [3.8, 4) is 11.3 Å². The van der Waals surface area contributed by atoms with E-state index in [0.29, 0.717) is 0 Å². The number of hydrogen-bond acceptors (Lipinski definition) is 0. The molecular weight excluding hydrogens is 182 g/mol. The van der Waals surface area contributed by atoms with Gasteiger partial charge >= 0.3 is 0 Å². The fourth-order valence-electron chi connectivity index (χ4n) is 1.70. The van der Waals surface area contributed by atoms with Gasteiger partial charge in [0.15, 0.2) is 12.4 Å². The van der Waals surface area contributed by atoms with Crippen LogP contribution >= 0.6 is 0 Å². The molecule has 0 amide bonds. The highest BCUT2D eigenvalue weighted by Crippen LogP contribution is 2.19. The van der Waals surface area contributed by atoms with E-state index in [4.69, 9.17) is 0 Å². The highest BCUT2D eigenvalue weighted by Gasteiger charge is 2.10. The summed E-state index contributed by atoms with van der Waals surface area (Å²) >= 11 is 0. The smallest absolute Gasteiger partial charge is 0.167 e. The van der Waals surface area contributed by atoms with Crippen molar-refractivity contribution in [2.45, 2.75) is 6.92 Å². The molecule has 0 N–H and O–H groups in total. The Morgan fingerprint density at radius 1 is 1.07 bits per heavy atom. The minimum atomic E-state index is 1.17. The van der Waals surface area contributed by atoms with Crippen LogP contribution in [0.1, 0.15) is 5.56 Å². The molecule has 0 saturated carbocycles. The molecule has 0 radical (unpaired) electrons. The highest BCUT2D eigenvalue weighted by molar-refractivity contribution is 5.60. The molecular formula is C14H14N+. The van der Waals surface area contributed by atoms with Crippen molar-refractivity contribution >= 4 is 6.20 Å². The Morgan fingerprint density at radius 3 is 2.53 bits per heavy atom. The van der Waals surface area contributed by atoms with Crippen LogP contribution in [0.25, 0.3) is 17.5 Å². The summed E-state index contributed by atoms with van der Waals surface area (Å²) in [7, 11) is 0. The number of aromatic nitrogens is 1. The second-order valence-corrected chi connectivity index (χ2v) is 3.49. The monoisotopic (exact) mass is 196 g/mol. The summed E-state index contributed by atoms with van der Waals surface area (Å²) in [6, 6.07) is 14.5. The van der Waals surface area contributed by atoms with Crippen LogP contribution in [0.5, 0.6) is 0 Å². The molecule has 0 fully saturated rings. The maximum Gasteiger partial charge on any atom is 0.218 e. The Hall–Kier alpha value is -1.89. The summed E-state index contributed by atoms with van der Waals surface area (Å²) in [5.74, 6) is 0. The molecule has 74 valence electrons. The van der Waals surface area contributed by atoms with E-state index in [1.165, 1.54) is 16.8 Å². The van der Waals surface area contributed by atoms with E-state index in [9.17, 15) is 0 Å². The lowest BCUT2D eigenvalue weighted by Gasteiger charge is -2.02. The quantitative estimate of drug-likeness (QED) is 0.650. The SMILES string of the molecule is C=C[n+]1ccccc1-c1ccccc1C. The van der Waals surface area contributed by atoms with E-state index >= 15 is 0 Å². The molecule has 1 nitrogen and oxygen atoms in total. The number of hydrogen-bond donors (Lipinski definition) is 0. The van der Waals surface area contributed by atoms with Crippen molar-refractivity contribution < 1.29 is 4.57 Å². The predicted molar refractivity (Wildman–Crippen MR) is 63.2 cm³/mol. The number of rotatable bonds is 2. The molecule has 0 aliphatic heterocycles. The number of pyridine rings is 1. The molecule has 1 aromatic heterocycles. The molecule has 15 heavy (non-hydrogen) atoms. The second-order valence-electron chi connectivity index (χ2n) is 3.49. The first-order valence-electron chi connectivity index (χ1n) is 5.01. The third kappa shape index (κ3) is 1.82. The predicted octanol–water partition coefficient (Wildman–Crippen LogP) is 3.05. The third-order valence-corrected chi connectivity index (χ3v) is 2.51. The summed E-state index contributed by atoms with van der Waals surface area (Å²) in [5, 5.41) is 0. The van der Waals surface area contributed by atoms with Gasteiger partial charge < -0.3 is 0 Å². The van der Waals surface area contributed by atoms with Gasteiger partial charge in [-0.2, -0.15) is 4.57 Å². The van der Waals surface area contributed by atoms with Crippen molar-refractivity contribution in [2.24, 2.45) is 0 Å². The van der Waals surface area contributed by atoms with E-state index in [1.807, 2.05) is 29.1 Å². The largest absolute Gasteiger partial charge is 0.218 e. The Labute approximate surface area is 90.3 Å². The lowest BCUT2D eigenvalue weighted by atomic mass is 10.1. The Balaban J connectivity index is 2.64. The normalized spacial score (nSPS) is 9.93. The fraction of sp³-hybridized carbons (Fsp3) is 0.0714. The van der Waals surface area contributed by atoms with Crippen molar-refractivity contribution in [1.29, 1.82) is 0 Å². The average Bonchev–Trinajstić information content (AvgIpc) is 2.30. The topological polar surface area (TPSA) is 3.88 Å². The molecule has 2 aromatic rings. The van der Waals surface area contributed by atoms with E-state index in [2.05, 4.69) is 43.8 Å². The minimum absolute atomic E-state index is 1.17. The van der Waals surface area contributed by atoms with Gasteiger partial charge in [-0.25, -0.2) is 0 Å². The molecule has 0 unspecified atom stereocenters. The van der Waals surface area contributed by atoms with Crippen LogP contribution in [0.3, 0.4) is 0 Å². The lowest BCUT2D eigenvalue weighted by molar-refractivity contribution is -0.555. The van der Waals surface area contributed by atoms with Crippen molar-refractivity contribution in [3.05, 3.63) is 60.8 Å². The lowest BCUT2D eigenvalue weighted by Crippen LogP contribution is -2.27. The summed E-state index contributed by atoms with van der Waals surface area (Å²) in [6.45, 7) is 5.93. The van der Waals surface area contributed by atoms with Crippen LogP contribution in [-0.4, -0.2) is 0 Å². The van der Waals surface area contributed by atoms with E-state index in [0.717, 1.165) is 0 Å². The van der Waals surface area contributed by atoms with Crippen LogP contribution in [-0.2, 0) is 0 Å². The molecule has 0 saturated heterocycles. The van der Waals surface area contributed by atoms with Gasteiger partial charge in [-0.1, -0.05) is 18.2 Å². The van der Waals surface area contributed by atoms with Gasteiger partial charge in [0.1, 0.15) is 0 Å². The van der Waals surface area contributed by atoms with Crippen LogP contribution in [0, 0.1) is 6.92 Å². The molecule has 1 aromatic carbocycles.